The Morgan fingerprint density at radius 2 is 2.11 bits per heavy atom. The SMILES string of the molecule is COC(=O)c1cnc(N2CCOCC2CNC(=O)CCC2CCCCO2)nc1. The number of nitrogens with zero attached hydrogens (tertiary/aromatic N) is 3. The number of methoxy groups -OCH3 is 1. The molecule has 2 fully saturated rings. The number of amides is 1. The van der Waals surface area contributed by atoms with Crippen molar-refractivity contribution in [2.75, 3.05) is 44.9 Å². The van der Waals surface area contributed by atoms with E-state index in [1.54, 1.807) is 0 Å². The number of rotatable bonds is 7. The van der Waals surface area contributed by atoms with Crippen LogP contribution in [0.1, 0.15) is 42.5 Å². The van der Waals surface area contributed by atoms with Crippen LogP contribution in [0.15, 0.2) is 12.4 Å². The summed E-state index contributed by atoms with van der Waals surface area (Å²) in [7, 11) is 1.32. The molecular weight excluding hydrogens is 364 g/mol. The van der Waals surface area contributed by atoms with Crippen molar-refractivity contribution in [2.45, 2.75) is 44.2 Å². The lowest BCUT2D eigenvalue weighted by molar-refractivity contribution is -0.122. The minimum absolute atomic E-state index is 0.0154. The third-order valence-electron chi connectivity index (χ3n) is 5.05. The number of carbonyl (C=O) groups is 2. The number of ether oxygens (including phenoxy) is 3. The van der Waals surface area contributed by atoms with Gasteiger partial charge in [-0.05, 0) is 25.7 Å². The van der Waals surface area contributed by atoms with Crippen LogP contribution in [-0.4, -0.2) is 74.0 Å². The molecule has 2 aliphatic rings. The first-order valence-electron chi connectivity index (χ1n) is 9.80. The Bertz CT molecular complexity index is 648. The highest BCUT2D eigenvalue weighted by Gasteiger charge is 2.26. The molecule has 28 heavy (non-hydrogen) atoms. The molecule has 2 atom stereocenters. The van der Waals surface area contributed by atoms with Gasteiger partial charge in [-0.25, -0.2) is 14.8 Å². The molecule has 0 bridgehead atoms. The summed E-state index contributed by atoms with van der Waals surface area (Å²) in [5, 5.41) is 2.98. The largest absolute Gasteiger partial charge is 0.465 e. The third-order valence-corrected chi connectivity index (χ3v) is 5.05. The van der Waals surface area contributed by atoms with Crippen LogP contribution in [0.5, 0.6) is 0 Å². The summed E-state index contributed by atoms with van der Waals surface area (Å²) in [6.07, 6.45) is 7.65. The minimum atomic E-state index is -0.473. The van der Waals surface area contributed by atoms with E-state index in [2.05, 4.69) is 20.0 Å². The molecule has 0 aliphatic carbocycles. The van der Waals surface area contributed by atoms with Crippen molar-refractivity contribution in [3.05, 3.63) is 18.0 Å². The predicted octanol–water partition coefficient (Wildman–Crippen LogP) is 0.934. The molecule has 1 aromatic rings. The van der Waals surface area contributed by atoms with Crippen molar-refractivity contribution in [2.24, 2.45) is 0 Å². The van der Waals surface area contributed by atoms with Gasteiger partial charge in [-0.15, -0.1) is 0 Å². The first-order chi connectivity index (χ1) is 13.7. The van der Waals surface area contributed by atoms with Crippen molar-refractivity contribution in [3.8, 4) is 0 Å². The zero-order valence-corrected chi connectivity index (χ0v) is 16.3. The van der Waals surface area contributed by atoms with Gasteiger partial charge in [0.1, 0.15) is 0 Å². The van der Waals surface area contributed by atoms with Gasteiger partial charge in [0.2, 0.25) is 11.9 Å². The van der Waals surface area contributed by atoms with E-state index in [4.69, 9.17) is 9.47 Å². The van der Waals surface area contributed by atoms with Gasteiger partial charge < -0.3 is 24.4 Å². The summed E-state index contributed by atoms with van der Waals surface area (Å²) in [4.78, 5) is 34.3. The first-order valence-corrected chi connectivity index (χ1v) is 9.80. The van der Waals surface area contributed by atoms with Gasteiger partial charge in [0.05, 0.1) is 38.0 Å². The molecule has 2 saturated heterocycles. The molecule has 154 valence electrons. The molecule has 2 unspecified atom stereocenters. The number of aromatic nitrogens is 2. The smallest absolute Gasteiger partial charge is 0.341 e. The highest BCUT2D eigenvalue weighted by molar-refractivity contribution is 5.88. The van der Waals surface area contributed by atoms with Gasteiger partial charge in [-0.2, -0.15) is 0 Å². The fraction of sp³-hybridized carbons (Fsp3) is 0.684. The van der Waals surface area contributed by atoms with Gasteiger partial charge in [0.25, 0.3) is 0 Å². The second-order valence-corrected chi connectivity index (χ2v) is 7.02. The molecule has 0 aromatic carbocycles. The highest BCUT2D eigenvalue weighted by atomic mass is 16.5. The van der Waals surface area contributed by atoms with Crippen LogP contribution in [0, 0.1) is 0 Å². The summed E-state index contributed by atoms with van der Waals surface area (Å²) in [6.45, 7) is 2.91. The summed E-state index contributed by atoms with van der Waals surface area (Å²) >= 11 is 0. The average Bonchev–Trinajstić information content (AvgIpc) is 2.76. The molecule has 2 aliphatic heterocycles. The van der Waals surface area contributed by atoms with E-state index in [-0.39, 0.29) is 18.1 Å². The van der Waals surface area contributed by atoms with Crippen molar-refractivity contribution >= 4 is 17.8 Å². The van der Waals surface area contributed by atoms with Gasteiger partial charge in [-0.3, -0.25) is 4.79 Å². The molecule has 9 heteroatoms. The Morgan fingerprint density at radius 3 is 2.82 bits per heavy atom. The maximum Gasteiger partial charge on any atom is 0.341 e. The molecule has 3 rings (SSSR count). The molecule has 0 saturated carbocycles. The molecule has 1 N–H and O–H groups in total. The lowest BCUT2D eigenvalue weighted by Crippen LogP contribution is -2.52. The molecule has 0 radical (unpaired) electrons. The van der Waals surface area contributed by atoms with E-state index in [0.29, 0.717) is 44.2 Å². The molecule has 1 amide bonds. The quantitative estimate of drug-likeness (QED) is 0.684. The number of esters is 1. The second kappa shape index (κ2) is 10.3. The molecular formula is C19H28N4O5. The monoisotopic (exact) mass is 392 g/mol. The van der Waals surface area contributed by atoms with Crippen LogP contribution in [0.25, 0.3) is 0 Å². The standard InChI is InChI=1S/C19H28N4O5/c1-26-18(25)14-10-21-19(22-11-14)23-7-9-27-13-15(23)12-20-17(24)6-5-16-4-2-3-8-28-16/h10-11,15-16H,2-9,12-13H2,1H3,(H,20,24). The van der Waals surface area contributed by atoms with E-state index >= 15 is 0 Å². The van der Waals surface area contributed by atoms with Crippen molar-refractivity contribution in [1.82, 2.24) is 15.3 Å². The lowest BCUT2D eigenvalue weighted by atomic mass is 10.0. The number of hydrogen-bond acceptors (Lipinski definition) is 8. The molecule has 9 nitrogen and oxygen atoms in total. The van der Waals surface area contributed by atoms with Gasteiger partial charge in [0, 0.05) is 38.5 Å². The lowest BCUT2D eigenvalue weighted by Gasteiger charge is -2.35. The maximum absolute atomic E-state index is 12.2. The van der Waals surface area contributed by atoms with Gasteiger partial charge in [-0.1, -0.05) is 0 Å². The summed E-state index contributed by atoms with van der Waals surface area (Å²) < 4.78 is 15.9. The van der Waals surface area contributed by atoms with E-state index in [1.807, 2.05) is 4.90 Å². The van der Waals surface area contributed by atoms with E-state index in [1.165, 1.54) is 25.9 Å². The van der Waals surface area contributed by atoms with E-state index in [9.17, 15) is 9.59 Å². The van der Waals surface area contributed by atoms with Gasteiger partial charge >= 0.3 is 5.97 Å². The second-order valence-electron chi connectivity index (χ2n) is 7.02. The van der Waals surface area contributed by atoms with Crippen molar-refractivity contribution < 1.29 is 23.8 Å². The van der Waals surface area contributed by atoms with Crippen LogP contribution in [0.4, 0.5) is 5.95 Å². The summed E-state index contributed by atoms with van der Waals surface area (Å²) in [6, 6.07) is -0.0624. The topological polar surface area (TPSA) is 103 Å². The predicted molar refractivity (Wildman–Crippen MR) is 101 cm³/mol. The summed E-state index contributed by atoms with van der Waals surface area (Å²) in [5.74, 6) is 0.0479. The Balaban J connectivity index is 1.50. The van der Waals surface area contributed by atoms with E-state index in [0.717, 1.165) is 25.9 Å². The Hall–Kier alpha value is -2.26. The van der Waals surface area contributed by atoms with Crippen molar-refractivity contribution in [1.29, 1.82) is 0 Å². The van der Waals surface area contributed by atoms with Crippen LogP contribution in [-0.2, 0) is 19.0 Å². The van der Waals surface area contributed by atoms with Crippen LogP contribution in [0.2, 0.25) is 0 Å². The average molecular weight is 392 g/mol. The van der Waals surface area contributed by atoms with Crippen LogP contribution < -0.4 is 10.2 Å². The maximum atomic E-state index is 12.2. The third kappa shape index (κ3) is 5.62. The minimum Gasteiger partial charge on any atom is -0.465 e. The highest BCUT2D eigenvalue weighted by Crippen LogP contribution is 2.17. The fourth-order valence-corrected chi connectivity index (χ4v) is 3.43. The number of nitrogens with one attached hydrogen (secondary N) is 1. The van der Waals surface area contributed by atoms with Crippen LogP contribution in [0.3, 0.4) is 0 Å². The number of anilines is 1. The number of carbonyl (C=O) groups excluding carboxylic acids is 2. The van der Waals surface area contributed by atoms with E-state index < -0.39 is 5.97 Å². The first kappa shape index (κ1) is 20.5. The number of morpholine rings is 1. The number of hydrogen-bond donors (Lipinski definition) is 1. The Morgan fingerprint density at radius 1 is 1.29 bits per heavy atom. The molecule has 0 spiro atoms. The fourth-order valence-electron chi connectivity index (χ4n) is 3.43. The van der Waals surface area contributed by atoms with Crippen LogP contribution >= 0.6 is 0 Å². The Labute approximate surface area is 164 Å². The van der Waals surface area contributed by atoms with Crippen molar-refractivity contribution in [3.63, 3.8) is 0 Å². The van der Waals surface area contributed by atoms with Gasteiger partial charge in [0.15, 0.2) is 0 Å². The molecule has 3 heterocycles. The normalized spacial score (nSPS) is 22.5. The Kier molecular flexibility index (Phi) is 7.55. The summed E-state index contributed by atoms with van der Waals surface area (Å²) in [5.41, 5.74) is 0.300. The zero-order chi connectivity index (χ0) is 19.8. The zero-order valence-electron chi connectivity index (χ0n) is 16.3. The molecule has 1 aromatic heterocycles.